The summed E-state index contributed by atoms with van der Waals surface area (Å²) in [6.07, 6.45) is 2.18. The van der Waals surface area contributed by atoms with Crippen molar-refractivity contribution in [2.45, 2.75) is 26.8 Å². The number of aryl methyl sites for hydroxylation is 1. The van der Waals surface area contributed by atoms with Gasteiger partial charge in [0, 0.05) is 26.7 Å². The molecule has 0 fully saturated rings. The van der Waals surface area contributed by atoms with Crippen molar-refractivity contribution >= 4 is 40.0 Å². The normalized spacial score (nSPS) is 11.8. The largest absolute Gasteiger partial charge is 0.357 e. The molecule has 1 aromatic rings. The van der Waals surface area contributed by atoms with Gasteiger partial charge in [0.25, 0.3) is 0 Å². The lowest BCUT2D eigenvalue weighted by atomic mass is 10.1. The quantitative estimate of drug-likeness (QED) is 0.264. The molecule has 0 aliphatic carbocycles. The molecule has 0 spiro atoms. The SMILES string of the molecule is CCNC(=NCCNS(C)(=O)=O)N(C)Cc1ccc(CC)cc1.I. The number of guanidine groups is 1. The van der Waals surface area contributed by atoms with Gasteiger partial charge >= 0.3 is 0 Å². The van der Waals surface area contributed by atoms with Gasteiger partial charge in [-0.05, 0) is 24.5 Å². The standard InChI is InChI=1S/C16H28N4O2S.HI/c1-5-14-7-9-15(10-8-14)13-20(3)16(17-6-2)18-11-12-19-23(4,21)22;/h7-10,19H,5-6,11-13H2,1-4H3,(H,17,18);1H. The van der Waals surface area contributed by atoms with Crippen LogP contribution in [0.2, 0.25) is 0 Å². The molecule has 0 bridgehead atoms. The van der Waals surface area contributed by atoms with E-state index in [1.54, 1.807) is 0 Å². The minimum atomic E-state index is -3.16. The Morgan fingerprint density at radius 2 is 1.75 bits per heavy atom. The number of sulfonamides is 1. The maximum Gasteiger partial charge on any atom is 0.208 e. The van der Waals surface area contributed by atoms with Crippen molar-refractivity contribution in [2.75, 3.05) is 32.9 Å². The van der Waals surface area contributed by atoms with Gasteiger partial charge in [-0.2, -0.15) is 0 Å². The lowest BCUT2D eigenvalue weighted by Gasteiger charge is -2.22. The summed E-state index contributed by atoms with van der Waals surface area (Å²) in [6.45, 7) is 6.35. The molecule has 0 saturated heterocycles. The molecular formula is C16H29IN4O2S. The third kappa shape index (κ3) is 9.43. The highest BCUT2D eigenvalue weighted by atomic mass is 127. The summed E-state index contributed by atoms with van der Waals surface area (Å²) in [5.41, 5.74) is 2.54. The van der Waals surface area contributed by atoms with Crippen molar-refractivity contribution < 1.29 is 8.42 Å². The van der Waals surface area contributed by atoms with Crippen LogP contribution in [0.3, 0.4) is 0 Å². The minimum Gasteiger partial charge on any atom is -0.357 e. The first-order chi connectivity index (χ1) is 10.9. The van der Waals surface area contributed by atoms with Gasteiger partial charge in [-0.1, -0.05) is 31.2 Å². The highest BCUT2D eigenvalue weighted by Crippen LogP contribution is 2.07. The number of halogens is 1. The summed E-state index contributed by atoms with van der Waals surface area (Å²) >= 11 is 0. The maximum atomic E-state index is 11.0. The molecule has 0 radical (unpaired) electrons. The smallest absolute Gasteiger partial charge is 0.208 e. The lowest BCUT2D eigenvalue weighted by Crippen LogP contribution is -2.39. The Bertz CT molecular complexity index is 603. The zero-order valence-electron chi connectivity index (χ0n) is 14.9. The second kappa shape index (κ2) is 11.6. The van der Waals surface area contributed by atoms with Gasteiger partial charge < -0.3 is 10.2 Å². The van der Waals surface area contributed by atoms with E-state index in [4.69, 9.17) is 0 Å². The topological polar surface area (TPSA) is 73.8 Å². The van der Waals surface area contributed by atoms with Crippen molar-refractivity contribution in [1.29, 1.82) is 0 Å². The second-order valence-corrected chi connectivity index (χ2v) is 7.26. The molecule has 0 aliphatic heterocycles. The van der Waals surface area contributed by atoms with Crippen molar-refractivity contribution in [3.05, 3.63) is 35.4 Å². The molecule has 0 unspecified atom stereocenters. The molecule has 0 saturated carbocycles. The van der Waals surface area contributed by atoms with Crippen LogP contribution < -0.4 is 10.0 Å². The second-order valence-electron chi connectivity index (χ2n) is 5.43. The Hall–Kier alpha value is -0.870. The monoisotopic (exact) mass is 468 g/mol. The predicted molar refractivity (Wildman–Crippen MR) is 112 cm³/mol. The highest BCUT2D eigenvalue weighted by Gasteiger charge is 2.07. The number of hydrogen-bond acceptors (Lipinski definition) is 3. The number of nitrogens with one attached hydrogen (secondary N) is 2. The van der Waals surface area contributed by atoms with E-state index in [1.807, 2.05) is 18.9 Å². The van der Waals surface area contributed by atoms with E-state index in [-0.39, 0.29) is 24.0 Å². The van der Waals surface area contributed by atoms with E-state index >= 15 is 0 Å². The molecule has 2 N–H and O–H groups in total. The fraction of sp³-hybridized carbons (Fsp3) is 0.562. The van der Waals surface area contributed by atoms with Crippen LogP contribution in [0, 0.1) is 0 Å². The molecule has 0 heterocycles. The number of benzene rings is 1. The van der Waals surface area contributed by atoms with Crippen LogP contribution >= 0.6 is 24.0 Å². The van der Waals surface area contributed by atoms with Crippen LogP contribution in [0.5, 0.6) is 0 Å². The highest BCUT2D eigenvalue weighted by molar-refractivity contribution is 14.0. The summed E-state index contributed by atoms with van der Waals surface area (Å²) < 4.78 is 24.5. The first-order valence-electron chi connectivity index (χ1n) is 7.87. The molecule has 6 nitrogen and oxygen atoms in total. The van der Waals surface area contributed by atoms with Crippen LogP contribution in [0.15, 0.2) is 29.3 Å². The fourth-order valence-corrected chi connectivity index (χ4v) is 2.55. The van der Waals surface area contributed by atoms with E-state index in [1.165, 1.54) is 11.1 Å². The van der Waals surface area contributed by atoms with E-state index in [9.17, 15) is 8.42 Å². The zero-order chi connectivity index (χ0) is 17.3. The van der Waals surface area contributed by atoms with Crippen molar-refractivity contribution in [3.63, 3.8) is 0 Å². The van der Waals surface area contributed by atoms with E-state index in [2.05, 4.69) is 46.2 Å². The molecule has 1 aromatic carbocycles. The van der Waals surface area contributed by atoms with E-state index < -0.39 is 10.0 Å². The number of rotatable bonds is 8. The van der Waals surface area contributed by atoms with Gasteiger partial charge in [0.1, 0.15) is 0 Å². The molecule has 0 aliphatic rings. The summed E-state index contributed by atoms with van der Waals surface area (Å²) in [6, 6.07) is 8.54. The van der Waals surface area contributed by atoms with Gasteiger partial charge in [0.05, 0.1) is 12.8 Å². The predicted octanol–water partition coefficient (Wildman–Crippen LogP) is 1.81. The Balaban J connectivity index is 0.00000529. The first-order valence-corrected chi connectivity index (χ1v) is 9.76. The Labute approximate surface area is 163 Å². The molecule has 0 aromatic heterocycles. The summed E-state index contributed by atoms with van der Waals surface area (Å²) in [4.78, 5) is 6.48. The zero-order valence-corrected chi connectivity index (χ0v) is 18.0. The van der Waals surface area contributed by atoms with Gasteiger partial charge in [-0.3, -0.25) is 4.99 Å². The van der Waals surface area contributed by atoms with Gasteiger partial charge in [-0.15, -0.1) is 24.0 Å². The Kier molecular flexibility index (Phi) is 11.2. The van der Waals surface area contributed by atoms with Crippen molar-refractivity contribution in [3.8, 4) is 0 Å². The average Bonchev–Trinajstić information content (AvgIpc) is 2.50. The maximum absolute atomic E-state index is 11.0. The van der Waals surface area contributed by atoms with Crippen LogP contribution in [0.4, 0.5) is 0 Å². The van der Waals surface area contributed by atoms with Crippen molar-refractivity contribution in [1.82, 2.24) is 14.9 Å². The minimum absolute atomic E-state index is 0. The third-order valence-electron chi connectivity index (χ3n) is 3.29. The summed E-state index contributed by atoms with van der Waals surface area (Å²) in [5, 5.41) is 3.22. The van der Waals surface area contributed by atoms with Crippen LogP contribution in [-0.2, 0) is 23.0 Å². The lowest BCUT2D eigenvalue weighted by molar-refractivity contribution is 0.477. The van der Waals surface area contributed by atoms with E-state index in [0.29, 0.717) is 13.1 Å². The molecule has 24 heavy (non-hydrogen) atoms. The number of aliphatic imine (C=N–C) groups is 1. The molecule has 1 rings (SSSR count). The average molecular weight is 468 g/mol. The summed E-state index contributed by atoms with van der Waals surface area (Å²) in [5.74, 6) is 0.766. The Morgan fingerprint density at radius 1 is 1.17 bits per heavy atom. The summed E-state index contributed by atoms with van der Waals surface area (Å²) in [7, 11) is -1.19. The Morgan fingerprint density at radius 3 is 2.25 bits per heavy atom. The number of nitrogens with zero attached hydrogens (tertiary/aromatic N) is 2. The molecule has 138 valence electrons. The van der Waals surface area contributed by atoms with Gasteiger partial charge in [0.15, 0.2) is 5.96 Å². The molecule has 8 heteroatoms. The molecular weight excluding hydrogens is 439 g/mol. The van der Waals surface area contributed by atoms with Crippen molar-refractivity contribution in [2.24, 2.45) is 4.99 Å². The van der Waals surface area contributed by atoms with Crippen LogP contribution in [-0.4, -0.2) is 52.2 Å². The fourth-order valence-electron chi connectivity index (χ4n) is 2.09. The molecule has 0 atom stereocenters. The number of hydrogen-bond donors (Lipinski definition) is 2. The van der Waals surface area contributed by atoms with Crippen LogP contribution in [0.25, 0.3) is 0 Å². The van der Waals surface area contributed by atoms with Gasteiger partial charge in [-0.25, -0.2) is 13.1 Å². The first kappa shape index (κ1) is 23.1. The van der Waals surface area contributed by atoms with E-state index in [0.717, 1.165) is 31.7 Å². The van der Waals surface area contributed by atoms with Gasteiger partial charge in [0.2, 0.25) is 10.0 Å². The third-order valence-corrected chi connectivity index (χ3v) is 4.01. The molecule has 0 amide bonds. The van der Waals surface area contributed by atoms with Crippen LogP contribution in [0.1, 0.15) is 25.0 Å².